The van der Waals surface area contributed by atoms with Gasteiger partial charge in [0.25, 0.3) is 5.91 Å². The Hall–Kier alpha value is -1.08. The number of thioether (sulfide) groups is 1. The number of nitrogens with one attached hydrogen (secondary N) is 1. The monoisotopic (exact) mass is 285 g/mol. The molecular weight excluding hydrogens is 266 g/mol. The minimum absolute atomic E-state index is 0.430. The van der Waals surface area contributed by atoms with E-state index in [9.17, 15) is 20.1 Å². The Labute approximate surface area is 116 Å². The maximum Gasteiger partial charge on any atom is 0.251 e. The molecule has 0 saturated heterocycles. The largest absolute Gasteiger partial charge is 0.394 e. The molecule has 0 bridgehead atoms. The second kappa shape index (κ2) is 7.49. The molecule has 4 N–H and O–H groups in total. The van der Waals surface area contributed by atoms with Gasteiger partial charge in [-0.2, -0.15) is 11.8 Å². The topological polar surface area (TPSA) is 89.8 Å². The number of rotatable bonds is 7. The highest BCUT2D eigenvalue weighted by atomic mass is 32.2. The van der Waals surface area contributed by atoms with Gasteiger partial charge in [-0.25, -0.2) is 0 Å². The van der Waals surface area contributed by atoms with Crippen molar-refractivity contribution in [3.8, 4) is 0 Å². The Balaban J connectivity index is 2.85. The van der Waals surface area contributed by atoms with Crippen LogP contribution in [0.1, 0.15) is 15.9 Å². The molecule has 0 aromatic heterocycles. The summed E-state index contributed by atoms with van der Waals surface area (Å²) in [6, 6.07) is 7.10. The number of carbonyl (C=O) groups excluding carboxylic acids is 1. The highest BCUT2D eigenvalue weighted by Crippen LogP contribution is 2.12. The Kier molecular flexibility index (Phi) is 6.30. The van der Waals surface area contributed by atoms with Gasteiger partial charge in [-0.3, -0.25) is 4.79 Å². The van der Waals surface area contributed by atoms with Crippen molar-refractivity contribution in [2.75, 3.05) is 26.1 Å². The summed E-state index contributed by atoms with van der Waals surface area (Å²) in [5, 5.41) is 30.0. The molecule has 0 atom stereocenters. The van der Waals surface area contributed by atoms with Crippen LogP contribution in [0.3, 0.4) is 0 Å². The van der Waals surface area contributed by atoms with Crippen LogP contribution in [-0.4, -0.2) is 52.8 Å². The average Bonchev–Trinajstić information content (AvgIpc) is 2.45. The number of carbonyl (C=O) groups is 1. The van der Waals surface area contributed by atoms with E-state index in [0.717, 1.165) is 11.3 Å². The van der Waals surface area contributed by atoms with Gasteiger partial charge in [-0.05, 0) is 24.0 Å². The molecule has 5 nitrogen and oxygen atoms in total. The van der Waals surface area contributed by atoms with Gasteiger partial charge in [0.2, 0.25) is 0 Å². The molecule has 0 saturated carbocycles. The zero-order chi connectivity index (χ0) is 14.3. The van der Waals surface area contributed by atoms with Crippen LogP contribution in [0, 0.1) is 0 Å². The van der Waals surface area contributed by atoms with Gasteiger partial charge in [0.05, 0.1) is 19.8 Å². The van der Waals surface area contributed by atoms with Crippen molar-refractivity contribution >= 4 is 17.7 Å². The normalized spacial score (nSPS) is 11.4. The van der Waals surface area contributed by atoms with E-state index < -0.39 is 31.3 Å². The van der Waals surface area contributed by atoms with Gasteiger partial charge in [-0.15, -0.1) is 0 Å². The van der Waals surface area contributed by atoms with Crippen molar-refractivity contribution in [2.45, 2.75) is 11.3 Å². The standard InChI is InChI=1S/C13H19NO4S/c1-19-6-10-3-2-4-11(5-10)12(18)14-13(7-15,8-16)9-17/h2-5,15-17H,6-9H2,1H3,(H,14,18). The molecular formula is C13H19NO4S. The van der Waals surface area contributed by atoms with E-state index in [2.05, 4.69) is 5.32 Å². The maximum absolute atomic E-state index is 12.0. The number of hydrogen-bond donors (Lipinski definition) is 4. The van der Waals surface area contributed by atoms with E-state index in [1.165, 1.54) is 0 Å². The quantitative estimate of drug-likeness (QED) is 0.566. The van der Waals surface area contributed by atoms with E-state index in [4.69, 9.17) is 0 Å². The lowest BCUT2D eigenvalue weighted by Gasteiger charge is -2.28. The highest BCUT2D eigenvalue weighted by molar-refractivity contribution is 7.97. The summed E-state index contributed by atoms with van der Waals surface area (Å²) in [6.45, 7) is -1.59. The first kappa shape index (κ1) is 16.0. The molecule has 0 heterocycles. The van der Waals surface area contributed by atoms with Gasteiger partial charge in [-0.1, -0.05) is 12.1 Å². The first-order valence-corrected chi connectivity index (χ1v) is 7.23. The molecule has 0 radical (unpaired) electrons. The summed E-state index contributed by atoms with van der Waals surface area (Å²) in [6.07, 6.45) is 1.97. The number of aliphatic hydroxyl groups is 3. The first-order valence-electron chi connectivity index (χ1n) is 5.84. The van der Waals surface area contributed by atoms with Gasteiger partial charge in [0.15, 0.2) is 0 Å². The van der Waals surface area contributed by atoms with Crippen LogP contribution in [0.4, 0.5) is 0 Å². The molecule has 0 unspecified atom stereocenters. The summed E-state index contributed by atoms with van der Waals surface area (Å²) in [5.74, 6) is 0.367. The maximum atomic E-state index is 12.0. The fraction of sp³-hybridized carbons (Fsp3) is 0.462. The lowest BCUT2D eigenvalue weighted by atomic mass is 10.0. The zero-order valence-electron chi connectivity index (χ0n) is 10.8. The predicted molar refractivity (Wildman–Crippen MR) is 75.1 cm³/mol. The van der Waals surface area contributed by atoms with Crippen LogP contribution in [0.2, 0.25) is 0 Å². The Morgan fingerprint density at radius 3 is 2.42 bits per heavy atom. The fourth-order valence-electron chi connectivity index (χ4n) is 1.55. The van der Waals surface area contributed by atoms with Gasteiger partial charge >= 0.3 is 0 Å². The number of aliphatic hydroxyl groups excluding tert-OH is 3. The van der Waals surface area contributed by atoms with Crippen molar-refractivity contribution in [3.63, 3.8) is 0 Å². The van der Waals surface area contributed by atoms with Crippen molar-refractivity contribution in [1.29, 1.82) is 0 Å². The van der Waals surface area contributed by atoms with Crippen molar-refractivity contribution < 1.29 is 20.1 Å². The molecule has 1 amide bonds. The summed E-state index contributed by atoms with van der Waals surface area (Å²) in [7, 11) is 0. The summed E-state index contributed by atoms with van der Waals surface area (Å²) >= 11 is 1.65. The summed E-state index contributed by atoms with van der Waals surface area (Å²) in [5.41, 5.74) is 0.0566. The number of hydrogen-bond acceptors (Lipinski definition) is 5. The number of amides is 1. The van der Waals surface area contributed by atoms with Crippen LogP contribution >= 0.6 is 11.8 Å². The zero-order valence-corrected chi connectivity index (χ0v) is 11.6. The Bertz CT molecular complexity index is 413. The van der Waals surface area contributed by atoms with E-state index in [-0.39, 0.29) is 0 Å². The van der Waals surface area contributed by atoms with Crippen molar-refractivity contribution in [2.24, 2.45) is 0 Å². The third kappa shape index (κ3) is 4.21. The molecule has 106 valence electrons. The SMILES string of the molecule is CSCc1cccc(C(=O)NC(CO)(CO)CO)c1. The Morgan fingerprint density at radius 2 is 1.89 bits per heavy atom. The molecule has 0 aliphatic rings. The number of benzene rings is 1. The highest BCUT2D eigenvalue weighted by Gasteiger charge is 2.30. The molecule has 1 aromatic carbocycles. The van der Waals surface area contributed by atoms with Gasteiger partial charge in [0.1, 0.15) is 5.54 Å². The van der Waals surface area contributed by atoms with Crippen LogP contribution < -0.4 is 5.32 Å². The third-order valence-corrected chi connectivity index (χ3v) is 3.41. The predicted octanol–water partition coefficient (Wildman–Crippen LogP) is -0.00490. The van der Waals surface area contributed by atoms with Crippen LogP contribution in [0.5, 0.6) is 0 Å². The average molecular weight is 285 g/mol. The van der Waals surface area contributed by atoms with Gasteiger partial charge < -0.3 is 20.6 Å². The van der Waals surface area contributed by atoms with Gasteiger partial charge in [0, 0.05) is 11.3 Å². The van der Waals surface area contributed by atoms with E-state index in [1.54, 1.807) is 30.0 Å². The minimum atomic E-state index is -1.40. The lowest BCUT2D eigenvalue weighted by molar-refractivity contribution is 0.0375. The molecule has 6 heteroatoms. The van der Waals surface area contributed by atoms with Crippen LogP contribution in [0.25, 0.3) is 0 Å². The van der Waals surface area contributed by atoms with Crippen LogP contribution in [0.15, 0.2) is 24.3 Å². The first-order chi connectivity index (χ1) is 9.10. The molecule has 0 fully saturated rings. The van der Waals surface area contributed by atoms with E-state index in [1.807, 2.05) is 12.3 Å². The lowest BCUT2D eigenvalue weighted by Crippen LogP contribution is -2.57. The molecule has 19 heavy (non-hydrogen) atoms. The molecule has 1 rings (SSSR count). The summed E-state index contributed by atoms with van der Waals surface area (Å²) in [4.78, 5) is 12.0. The second-order valence-corrected chi connectivity index (χ2v) is 5.21. The molecule has 0 aliphatic carbocycles. The van der Waals surface area contributed by atoms with E-state index in [0.29, 0.717) is 5.56 Å². The van der Waals surface area contributed by atoms with Crippen molar-refractivity contribution in [1.82, 2.24) is 5.32 Å². The molecule has 0 aliphatic heterocycles. The Morgan fingerprint density at radius 1 is 1.26 bits per heavy atom. The fourth-order valence-corrected chi connectivity index (χ4v) is 2.06. The van der Waals surface area contributed by atoms with Crippen LogP contribution in [-0.2, 0) is 5.75 Å². The third-order valence-electron chi connectivity index (χ3n) is 2.79. The van der Waals surface area contributed by atoms with E-state index >= 15 is 0 Å². The molecule has 0 spiro atoms. The second-order valence-electron chi connectivity index (χ2n) is 4.34. The smallest absolute Gasteiger partial charge is 0.251 e. The van der Waals surface area contributed by atoms with Crippen molar-refractivity contribution in [3.05, 3.63) is 35.4 Å². The molecule has 1 aromatic rings. The summed E-state index contributed by atoms with van der Waals surface area (Å²) < 4.78 is 0. The minimum Gasteiger partial charge on any atom is -0.394 e.